The maximum atomic E-state index is 12.2. The summed E-state index contributed by atoms with van der Waals surface area (Å²) in [7, 11) is 0. The Labute approximate surface area is 147 Å². The Morgan fingerprint density at radius 3 is 2.72 bits per heavy atom. The predicted molar refractivity (Wildman–Crippen MR) is 92.8 cm³/mol. The molecule has 0 radical (unpaired) electrons. The fraction of sp³-hybridized carbons (Fsp3) is 0.500. The monoisotopic (exact) mass is 347 g/mol. The molecular weight excluding hydrogens is 322 g/mol. The molecule has 7 nitrogen and oxygen atoms in total. The Bertz CT molecular complexity index is 606. The maximum Gasteiger partial charge on any atom is 0.315 e. The molecule has 1 aliphatic rings. The highest BCUT2D eigenvalue weighted by Crippen LogP contribution is 2.25. The Balaban J connectivity index is 1.78. The summed E-state index contributed by atoms with van der Waals surface area (Å²) in [5, 5.41) is 5.40. The number of likely N-dealkylation sites (tertiary alicyclic amines) is 1. The topological polar surface area (TPSA) is 87.7 Å². The van der Waals surface area contributed by atoms with Crippen LogP contribution in [-0.4, -0.2) is 48.5 Å². The van der Waals surface area contributed by atoms with Gasteiger partial charge >= 0.3 is 12.0 Å². The Morgan fingerprint density at radius 2 is 2.04 bits per heavy atom. The zero-order valence-corrected chi connectivity index (χ0v) is 14.7. The van der Waals surface area contributed by atoms with Gasteiger partial charge in [0.15, 0.2) is 0 Å². The van der Waals surface area contributed by atoms with E-state index in [0.29, 0.717) is 13.2 Å². The molecule has 0 aromatic heterocycles. The highest BCUT2D eigenvalue weighted by atomic mass is 16.5. The molecule has 136 valence electrons. The number of ether oxygens (including phenoxy) is 1. The molecule has 7 heteroatoms. The first-order valence-corrected chi connectivity index (χ1v) is 8.55. The summed E-state index contributed by atoms with van der Waals surface area (Å²) in [5.74, 6) is -0.324. The Morgan fingerprint density at radius 1 is 1.32 bits per heavy atom. The summed E-state index contributed by atoms with van der Waals surface area (Å²) >= 11 is 0. The third-order valence-electron chi connectivity index (χ3n) is 4.16. The van der Waals surface area contributed by atoms with Gasteiger partial charge in [0, 0.05) is 19.5 Å². The van der Waals surface area contributed by atoms with E-state index in [-0.39, 0.29) is 49.4 Å². The van der Waals surface area contributed by atoms with Crippen molar-refractivity contribution in [3.63, 3.8) is 0 Å². The van der Waals surface area contributed by atoms with Gasteiger partial charge in [-0.25, -0.2) is 4.79 Å². The SMILES string of the molecule is CCOC(=O)CCNC(=O)NC1CC(=O)N(C(C)c2ccccc2)C1. The molecule has 1 aliphatic heterocycles. The van der Waals surface area contributed by atoms with Gasteiger partial charge in [0.2, 0.25) is 5.91 Å². The third kappa shape index (κ3) is 5.48. The van der Waals surface area contributed by atoms with E-state index < -0.39 is 0 Å². The van der Waals surface area contributed by atoms with Crippen LogP contribution in [0.4, 0.5) is 4.79 Å². The van der Waals surface area contributed by atoms with E-state index in [4.69, 9.17) is 4.74 Å². The van der Waals surface area contributed by atoms with Crippen molar-refractivity contribution in [3.05, 3.63) is 35.9 Å². The highest BCUT2D eigenvalue weighted by Gasteiger charge is 2.33. The molecule has 2 N–H and O–H groups in total. The van der Waals surface area contributed by atoms with Crippen LogP contribution < -0.4 is 10.6 Å². The van der Waals surface area contributed by atoms with Gasteiger partial charge in [0.1, 0.15) is 0 Å². The molecule has 2 unspecified atom stereocenters. The van der Waals surface area contributed by atoms with Gasteiger partial charge in [-0.1, -0.05) is 30.3 Å². The zero-order chi connectivity index (χ0) is 18.2. The molecule has 2 atom stereocenters. The fourth-order valence-corrected chi connectivity index (χ4v) is 2.86. The first-order chi connectivity index (χ1) is 12.0. The zero-order valence-electron chi connectivity index (χ0n) is 14.7. The number of nitrogens with one attached hydrogen (secondary N) is 2. The maximum absolute atomic E-state index is 12.2. The average molecular weight is 347 g/mol. The van der Waals surface area contributed by atoms with Crippen molar-refractivity contribution >= 4 is 17.9 Å². The minimum absolute atomic E-state index is 0.0215. The molecule has 0 aliphatic carbocycles. The summed E-state index contributed by atoms with van der Waals surface area (Å²) in [6, 6.07) is 9.15. The summed E-state index contributed by atoms with van der Waals surface area (Å²) in [4.78, 5) is 37.1. The summed E-state index contributed by atoms with van der Waals surface area (Å²) in [5.41, 5.74) is 1.07. The number of carbonyl (C=O) groups is 3. The molecule has 0 saturated carbocycles. The number of rotatable bonds is 7. The smallest absolute Gasteiger partial charge is 0.315 e. The van der Waals surface area contributed by atoms with E-state index in [2.05, 4.69) is 10.6 Å². The molecule has 1 heterocycles. The largest absolute Gasteiger partial charge is 0.466 e. The van der Waals surface area contributed by atoms with Crippen molar-refractivity contribution in [3.8, 4) is 0 Å². The molecule has 1 fully saturated rings. The van der Waals surface area contributed by atoms with Gasteiger partial charge in [-0.15, -0.1) is 0 Å². The number of urea groups is 1. The van der Waals surface area contributed by atoms with Crippen LogP contribution in [0.2, 0.25) is 0 Å². The van der Waals surface area contributed by atoms with Gasteiger partial charge in [-0.2, -0.15) is 0 Å². The second kappa shape index (κ2) is 9.05. The molecule has 3 amide bonds. The van der Waals surface area contributed by atoms with Crippen LogP contribution in [0.5, 0.6) is 0 Å². The average Bonchev–Trinajstić information content (AvgIpc) is 2.95. The van der Waals surface area contributed by atoms with E-state index in [9.17, 15) is 14.4 Å². The lowest BCUT2D eigenvalue weighted by atomic mass is 10.1. The summed E-state index contributed by atoms with van der Waals surface area (Å²) < 4.78 is 4.79. The van der Waals surface area contributed by atoms with Gasteiger partial charge < -0.3 is 20.3 Å². The number of esters is 1. The molecule has 1 saturated heterocycles. The lowest BCUT2D eigenvalue weighted by molar-refractivity contribution is -0.142. The van der Waals surface area contributed by atoms with E-state index >= 15 is 0 Å². The molecule has 1 aromatic rings. The van der Waals surface area contributed by atoms with Crippen molar-refractivity contribution in [2.75, 3.05) is 19.7 Å². The first kappa shape index (κ1) is 18.8. The van der Waals surface area contributed by atoms with E-state index in [1.54, 1.807) is 11.8 Å². The second-order valence-corrected chi connectivity index (χ2v) is 5.99. The molecule has 1 aromatic carbocycles. The van der Waals surface area contributed by atoms with Crippen LogP contribution in [0, 0.1) is 0 Å². The summed E-state index contributed by atoms with van der Waals surface area (Å²) in [6.07, 6.45) is 0.407. The van der Waals surface area contributed by atoms with Crippen LogP contribution in [0.1, 0.15) is 38.3 Å². The first-order valence-electron chi connectivity index (χ1n) is 8.55. The van der Waals surface area contributed by atoms with Crippen LogP contribution in [-0.2, 0) is 14.3 Å². The normalized spacial score (nSPS) is 17.9. The molecule has 0 bridgehead atoms. The third-order valence-corrected chi connectivity index (χ3v) is 4.16. The highest BCUT2D eigenvalue weighted by molar-refractivity contribution is 5.82. The lowest BCUT2D eigenvalue weighted by Gasteiger charge is -2.25. The number of hydrogen-bond donors (Lipinski definition) is 2. The van der Waals surface area contributed by atoms with Gasteiger partial charge in [0.25, 0.3) is 0 Å². The summed E-state index contributed by atoms with van der Waals surface area (Å²) in [6.45, 7) is 4.71. The van der Waals surface area contributed by atoms with Crippen molar-refractivity contribution in [2.45, 2.75) is 38.8 Å². The van der Waals surface area contributed by atoms with E-state index in [1.165, 1.54) is 0 Å². The number of amides is 3. The number of nitrogens with zero attached hydrogens (tertiary/aromatic N) is 1. The van der Waals surface area contributed by atoms with Crippen LogP contribution in [0.15, 0.2) is 30.3 Å². The van der Waals surface area contributed by atoms with Crippen molar-refractivity contribution in [2.24, 2.45) is 0 Å². The van der Waals surface area contributed by atoms with Crippen molar-refractivity contribution in [1.82, 2.24) is 15.5 Å². The van der Waals surface area contributed by atoms with Crippen LogP contribution in [0.3, 0.4) is 0 Å². The van der Waals surface area contributed by atoms with Crippen molar-refractivity contribution in [1.29, 1.82) is 0 Å². The molecule has 25 heavy (non-hydrogen) atoms. The van der Waals surface area contributed by atoms with Gasteiger partial charge in [-0.3, -0.25) is 9.59 Å². The minimum Gasteiger partial charge on any atom is -0.466 e. The fourth-order valence-electron chi connectivity index (χ4n) is 2.86. The molecular formula is C18H25N3O4. The van der Waals surface area contributed by atoms with Crippen LogP contribution in [0.25, 0.3) is 0 Å². The molecule has 2 rings (SSSR count). The number of carbonyl (C=O) groups excluding carboxylic acids is 3. The second-order valence-electron chi connectivity index (χ2n) is 5.99. The predicted octanol–water partition coefficient (Wildman–Crippen LogP) is 1.60. The van der Waals surface area contributed by atoms with E-state index in [1.807, 2.05) is 37.3 Å². The minimum atomic E-state index is -0.378. The number of hydrogen-bond acceptors (Lipinski definition) is 4. The van der Waals surface area contributed by atoms with Crippen molar-refractivity contribution < 1.29 is 19.1 Å². The van der Waals surface area contributed by atoms with Crippen LogP contribution >= 0.6 is 0 Å². The van der Waals surface area contributed by atoms with Gasteiger partial charge in [-0.05, 0) is 19.4 Å². The lowest BCUT2D eigenvalue weighted by Crippen LogP contribution is -2.44. The standard InChI is InChI=1S/C18H25N3O4/c1-3-25-17(23)9-10-19-18(24)20-15-11-16(22)21(12-15)13(2)14-7-5-4-6-8-14/h4-8,13,15H,3,9-12H2,1-2H3,(H2,19,20,24). The quantitative estimate of drug-likeness (QED) is 0.734. The molecule has 0 spiro atoms. The Kier molecular flexibility index (Phi) is 6.80. The number of benzene rings is 1. The van der Waals surface area contributed by atoms with E-state index in [0.717, 1.165) is 5.56 Å². The Hall–Kier alpha value is -2.57. The van der Waals surface area contributed by atoms with Gasteiger partial charge in [0.05, 0.1) is 25.1 Å².